The zero-order valence-electron chi connectivity index (χ0n) is 7.53. The number of para-hydroxylation sites is 1. The molecule has 0 saturated heterocycles. The van der Waals surface area contributed by atoms with Gasteiger partial charge in [0.15, 0.2) is 0 Å². The van der Waals surface area contributed by atoms with Gasteiger partial charge < -0.3 is 5.32 Å². The number of thioether (sulfide) groups is 1. The molecule has 0 aromatic heterocycles. The number of anilines is 1. The van der Waals surface area contributed by atoms with E-state index in [9.17, 15) is 0 Å². The quantitative estimate of drug-likeness (QED) is 0.644. The molecule has 0 radical (unpaired) electrons. The second-order valence-corrected chi connectivity index (χ2v) is 4.45. The summed E-state index contributed by atoms with van der Waals surface area (Å²) in [5.41, 5.74) is 5.59. The van der Waals surface area contributed by atoms with Crippen molar-refractivity contribution < 1.29 is 0 Å². The maximum atomic E-state index is 3.40. The van der Waals surface area contributed by atoms with Crippen molar-refractivity contribution in [2.45, 2.75) is 10.1 Å². The van der Waals surface area contributed by atoms with E-state index in [4.69, 9.17) is 0 Å². The molecule has 2 aliphatic rings. The SMILES string of the molecule is C1=CC=CC2Sc3ccccc3NC=12. The number of benzene rings is 1. The highest BCUT2D eigenvalue weighted by atomic mass is 32.2. The molecule has 0 bridgehead atoms. The van der Waals surface area contributed by atoms with E-state index in [1.54, 1.807) is 0 Å². The Hall–Kier alpha value is -1.37. The van der Waals surface area contributed by atoms with Crippen LogP contribution in [0.5, 0.6) is 0 Å². The standard InChI is InChI=1S/C12H9NS/c1-3-7-11-9(5-1)13-10-6-2-4-8-12(10)14-11/h1-5,7-8,12-13H. The third-order valence-corrected chi connectivity index (χ3v) is 3.57. The topological polar surface area (TPSA) is 12.0 Å². The second-order valence-electron chi connectivity index (χ2n) is 3.27. The van der Waals surface area contributed by atoms with Crippen molar-refractivity contribution in [1.29, 1.82) is 0 Å². The fourth-order valence-corrected chi connectivity index (χ4v) is 2.72. The maximum absolute atomic E-state index is 3.40. The summed E-state index contributed by atoms with van der Waals surface area (Å²) in [6.45, 7) is 0. The lowest BCUT2D eigenvalue weighted by Crippen LogP contribution is -2.17. The Morgan fingerprint density at radius 1 is 1.29 bits per heavy atom. The summed E-state index contributed by atoms with van der Waals surface area (Å²) in [5, 5.41) is 3.81. The van der Waals surface area contributed by atoms with Crippen LogP contribution >= 0.6 is 11.8 Å². The van der Waals surface area contributed by atoms with Crippen LogP contribution < -0.4 is 5.32 Å². The first kappa shape index (κ1) is 7.98. The average Bonchev–Trinajstić information content (AvgIpc) is 2.26. The highest BCUT2D eigenvalue weighted by Gasteiger charge is 2.21. The number of allylic oxidation sites excluding steroid dienone is 1. The third kappa shape index (κ3) is 1.20. The number of nitrogens with one attached hydrogen (secondary N) is 1. The van der Waals surface area contributed by atoms with Crippen LogP contribution in [0.3, 0.4) is 0 Å². The van der Waals surface area contributed by atoms with Gasteiger partial charge in [0.2, 0.25) is 0 Å². The summed E-state index contributed by atoms with van der Waals surface area (Å²) >= 11 is 1.87. The van der Waals surface area contributed by atoms with Gasteiger partial charge in [-0.2, -0.15) is 0 Å². The Morgan fingerprint density at radius 3 is 3.21 bits per heavy atom. The van der Waals surface area contributed by atoms with Crippen LogP contribution in [0.15, 0.2) is 58.8 Å². The van der Waals surface area contributed by atoms with Gasteiger partial charge in [0.05, 0.1) is 16.6 Å². The molecule has 1 atom stereocenters. The first-order chi connectivity index (χ1) is 6.93. The minimum absolute atomic E-state index is 0.412. The molecule has 1 unspecified atom stereocenters. The van der Waals surface area contributed by atoms with E-state index in [0.717, 1.165) is 5.70 Å². The molecule has 0 saturated carbocycles. The Bertz CT molecular complexity index is 467. The summed E-state index contributed by atoms with van der Waals surface area (Å²) in [4.78, 5) is 1.31. The van der Waals surface area contributed by atoms with Gasteiger partial charge in [-0.15, -0.1) is 11.8 Å². The van der Waals surface area contributed by atoms with Crippen molar-refractivity contribution in [3.63, 3.8) is 0 Å². The zero-order chi connectivity index (χ0) is 9.38. The lowest BCUT2D eigenvalue weighted by Gasteiger charge is -2.25. The smallest absolute Gasteiger partial charge is 0.0757 e. The van der Waals surface area contributed by atoms with Gasteiger partial charge in [0.25, 0.3) is 0 Å². The zero-order valence-corrected chi connectivity index (χ0v) is 8.34. The molecule has 0 fully saturated rings. The van der Waals surface area contributed by atoms with Gasteiger partial charge in [-0.1, -0.05) is 30.0 Å². The lowest BCUT2D eigenvalue weighted by atomic mass is 10.2. The van der Waals surface area contributed by atoms with Crippen LogP contribution in [0.2, 0.25) is 0 Å². The Labute approximate surface area is 87.2 Å². The minimum atomic E-state index is 0.412. The first-order valence-electron chi connectivity index (χ1n) is 4.59. The summed E-state index contributed by atoms with van der Waals surface area (Å²) in [7, 11) is 0. The highest BCUT2D eigenvalue weighted by molar-refractivity contribution is 8.00. The van der Waals surface area contributed by atoms with Crippen LogP contribution in [0, 0.1) is 0 Å². The minimum Gasteiger partial charge on any atom is -0.350 e. The molecule has 1 aliphatic carbocycles. The fraction of sp³-hybridized carbons (Fsp3) is 0.0833. The molecule has 2 heteroatoms. The van der Waals surface area contributed by atoms with Crippen LogP contribution in [0.25, 0.3) is 0 Å². The second kappa shape index (κ2) is 3.09. The monoisotopic (exact) mass is 199 g/mol. The highest BCUT2D eigenvalue weighted by Crippen LogP contribution is 2.39. The molecule has 1 N–H and O–H groups in total. The summed E-state index contributed by atoms with van der Waals surface area (Å²) in [6.07, 6.45) is 6.20. The molecule has 1 aliphatic heterocycles. The number of fused-ring (bicyclic) bond motifs is 2. The molecule has 1 aromatic carbocycles. The molecular formula is C12H9NS. The van der Waals surface area contributed by atoms with Crippen molar-refractivity contribution in [3.8, 4) is 0 Å². The Morgan fingerprint density at radius 2 is 2.21 bits per heavy atom. The molecular weight excluding hydrogens is 190 g/mol. The van der Waals surface area contributed by atoms with Gasteiger partial charge >= 0.3 is 0 Å². The van der Waals surface area contributed by atoms with Crippen molar-refractivity contribution in [2.75, 3.05) is 5.32 Å². The Kier molecular flexibility index (Phi) is 1.76. The maximum Gasteiger partial charge on any atom is 0.0757 e. The van der Waals surface area contributed by atoms with Crippen molar-refractivity contribution >= 4 is 17.4 Å². The predicted octanol–water partition coefficient (Wildman–Crippen LogP) is 3.18. The van der Waals surface area contributed by atoms with Gasteiger partial charge in [-0.25, -0.2) is 0 Å². The van der Waals surface area contributed by atoms with Gasteiger partial charge in [0, 0.05) is 4.90 Å². The molecule has 0 spiro atoms. The Balaban J connectivity index is 2.10. The van der Waals surface area contributed by atoms with Gasteiger partial charge in [0.1, 0.15) is 0 Å². The van der Waals surface area contributed by atoms with E-state index in [1.165, 1.54) is 10.6 Å². The molecule has 1 aromatic rings. The number of rotatable bonds is 0. The summed E-state index contributed by atoms with van der Waals surface area (Å²) in [6, 6.07) is 8.38. The van der Waals surface area contributed by atoms with Crippen LogP contribution in [0.1, 0.15) is 0 Å². The largest absolute Gasteiger partial charge is 0.350 e. The fourth-order valence-electron chi connectivity index (χ4n) is 1.63. The molecule has 1 nitrogen and oxygen atoms in total. The third-order valence-electron chi connectivity index (χ3n) is 2.32. The normalized spacial score (nSPS) is 22.0. The van der Waals surface area contributed by atoms with E-state index in [1.807, 2.05) is 17.8 Å². The summed E-state index contributed by atoms with van der Waals surface area (Å²) in [5.74, 6) is 0. The van der Waals surface area contributed by atoms with E-state index in [2.05, 4.69) is 47.5 Å². The van der Waals surface area contributed by atoms with Crippen LogP contribution in [-0.4, -0.2) is 5.25 Å². The van der Waals surface area contributed by atoms with E-state index in [-0.39, 0.29) is 0 Å². The average molecular weight is 199 g/mol. The molecule has 0 amide bonds. The van der Waals surface area contributed by atoms with Crippen LogP contribution in [0.4, 0.5) is 5.69 Å². The molecule has 1 heterocycles. The molecule has 68 valence electrons. The van der Waals surface area contributed by atoms with Gasteiger partial charge in [-0.3, -0.25) is 0 Å². The predicted molar refractivity (Wildman–Crippen MR) is 60.4 cm³/mol. The molecule has 3 rings (SSSR count). The van der Waals surface area contributed by atoms with E-state index in [0.29, 0.717) is 5.25 Å². The van der Waals surface area contributed by atoms with Crippen molar-refractivity contribution in [2.24, 2.45) is 0 Å². The number of hydrogen-bond donors (Lipinski definition) is 1. The van der Waals surface area contributed by atoms with Gasteiger partial charge in [-0.05, 0) is 18.2 Å². The van der Waals surface area contributed by atoms with Crippen molar-refractivity contribution in [1.82, 2.24) is 0 Å². The first-order valence-corrected chi connectivity index (χ1v) is 5.47. The van der Waals surface area contributed by atoms with E-state index >= 15 is 0 Å². The van der Waals surface area contributed by atoms with Crippen LogP contribution in [-0.2, 0) is 0 Å². The van der Waals surface area contributed by atoms with Crippen molar-refractivity contribution in [3.05, 3.63) is 53.9 Å². The lowest BCUT2D eigenvalue weighted by molar-refractivity contribution is 1.17. The summed E-state index contributed by atoms with van der Waals surface area (Å²) < 4.78 is 0. The van der Waals surface area contributed by atoms with E-state index < -0.39 is 0 Å². The number of hydrogen-bond acceptors (Lipinski definition) is 2. The molecule has 14 heavy (non-hydrogen) atoms.